The molecule has 0 atom stereocenters. The van der Waals surface area contributed by atoms with Crippen LogP contribution in [-0.4, -0.2) is 5.97 Å². The van der Waals surface area contributed by atoms with Gasteiger partial charge in [0, 0.05) is 0 Å². The van der Waals surface area contributed by atoms with E-state index in [9.17, 15) is 4.79 Å². The van der Waals surface area contributed by atoms with Crippen LogP contribution in [0, 0.1) is 0 Å². The van der Waals surface area contributed by atoms with Crippen molar-refractivity contribution in [1.82, 2.24) is 0 Å². The molecule has 2 nitrogen and oxygen atoms in total. The van der Waals surface area contributed by atoms with Crippen molar-refractivity contribution < 1.29 is 9.53 Å². The van der Waals surface area contributed by atoms with E-state index < -0.39 is 0 Å². The molecule has 0 aromatic heterocycles. The molecule has 0 aliphatic rings. The molecule has 20 heavy (non-hydrogen) atoms. The van der Waals surface area contributed by atoms with Gasteiger partial charge in [-0.2, -0.15) is 0 Å². The fourth-order valence-electron chi connectivity index (χ4n) is 1.92. The molecule has 0 spiro atoms. The third-order valence-electron chi connectivity index (χ3n) is 2.87. The van der Waals surface area contributed by atoms with Crippen LogP contribution >= 0.6 is 0 Å². The summed E-state index contributed by atoms with van der Waals surface area (Å²) in [6.45, 7) is 3.44. The van der Waals surface area contributed by atoms with Crippen molar-refractivity contribution in [2.24, 2.45) is 0 Å². The quantitative estimate of drug-likeness (QED) is 0.601. The lowest BCUT2D eigenvalue weighted by atomic mass is 10.0. The Bertz CT molecular complexity index is 556. The maximum Gasteiger partial charge on any atom is 0.311 e. The standard InChI is InChI=1S/C18H16O2/c1-2-3-14-17(19)20-18(15-10-6-4-7-11-15)16-12-8-5-9-13-16/h3-13,18H,1,14H2. The maximum atomic E-state index is 11.8. The lowest BCUT2D eigenvalue weighted by molar-refractivity contribution is -0.146. The number of benzene rings is 2. The molecule has 0 radical (unpaired) electrons. The molecule has 2 heteroatoms. The van der Waals surface area contributed by atoms with E-state index in [1.807, 2.05) is 60.7 Å². The molecule has 2 aromatic rings. The molecule has 0 unspecified atom stereocenters. The average molecular weight is 264 g/mol. The van der Waals surface area contributed by atoms with Gasteiger partial charge in [0.2, 0.25) is 0 Å². The minimum Gasteiger partial charge on any atom is -0.452 e. The number of carbonyl (C=O) groups excluding carboxylic acids is 1. The van der Waals surface area contributed by atoms with E-state index in [4.69, 9.17) is 4.74 Å². The SMILES string of the molecule is C=C=CCC(=O)OC(c1ccccc1)c1ccccc1. The Balaban J connectivity index is 2.26. The molecular formula is C18H16O2. The summed E-state index contributed by atoms with van der Waals surface area (Å²) in [7, 11) is 0. The second kappa shape index (κ2) is 7.13. The van der Waals surface area contributed by atoms with Crippen LogP contribution in [0.25, 0.3) is 0 Å². The van der Waals surface area contributed by atoms with Crippen molar-refractivity contribution in [3.05, 3.63) is 90.2 Å². The molecule has 0 heterocycles. The van der Waals surface area contributed by atoms with Crippen molar-refractivity contribution >= 4 is 5.97 Å². The zero-order chi connectivity index (χ0) is 14.2. The van der Waals surface area contributed by atoms with Crippen LogP contribution in [-0.2, 0) is 9.53 Å². The highest BCUT2D eigenvalue weighted by atomic mass is 16.5. The third-order valence-corrected chi connectivity index (χ3v) is 2.87. The van der Waals surface area contributed by atoms with Gasteiger partial charge >= 0.3 is 5.97 Å². The van der Waals surface area contributed by atoms with E-state index in [-0.39, 0.29) is 18.5 Å². The summed E-state index contributed by atoms with van der Waals surface area (Å²) in [4.78, 5) is 11.8. The minimum absolute atomic E-state index is 0.180. The number of esters is 1. The minimum atomic E-state index is -0.386. The van der Waals surface area contributed by atoms with E-state index in [1.54, 1.807) is 6.08 Å². The molecule has 0 saturated carbocycles. The number of hydrogen-bond donors (Lipinski definition) is 0. The first-order chi connectivity index (χ1) is 9.81. The Hall–Kier alpha value is -2.57. The number of ether oxygens (including phenoxy) is 1. The summed E-state index contributed by atoms with van der Waals surface area (Å²) in [6, 6.07) is 19.4. The molecule has 0 aliphatic carbocycles. The molecule has 0 aliphatic heterocycles. The highest BCUT2D eigenvalue weighted by molar-refractivity contribution is 5.71. The Kier molecular flexibility index (Phi) is 4.94. The summed E-state index contributed by atoms with van der Waals surface area (Å²) < 4.78 is 5.59. The fourth-order valence-corrected chi connectivity index (χ4v) is 1.92. The highest BCUT2D eigenvalue weighted by Gasteiger charge is 2.17. The second-order valence-corrected chi connectivity index (χ2v) is 4.30. The molecule has 100 valence electrons. The highest BCUT2D eigenvalue weighted by Crippen LogP contribution is 2.26. The number of carbonyl (C=O) groups is 1. The lowest BCUT2D eigenvalue weighted by Gasteiger charge is -2.18. The molecule has 0 amide bonds. The zero-order valence-electron chi connectivity index (χ0n) is 11.2. The summed E-state index contributed by atoms with van der Waals surface area (Å²) in [6.07, 6.45) is 1.36. The van der Waals surface area contributed by atoms with Gasteiger partial charge in [-0.15, -0.1) is 5.73 Å². The van der Waals surface area contributed by atoms with Gasteiger partial charge in [-0.3, -0.25) is 4.79 Å². The van der Waals surface area contributed by atoms with Gasteiger partial charge in [-0.1, -0.05) is 67.2 Å². The van der Waals surface area contributed by atoms with E-state index in [0.29, 0.717) is 0 Å². The van der Waals surface area contributed by atoms with Crippen LogP contribution in [0.4, 0.5) is 0 Å². The Morgan fingerprint density at radius 3 is 2.00 bits per heavy atom. The smallest absolute Gasteiger partial charge is 0.311 e. The van der Waals surface area contributed by atoms with Crippen molar-refractivity contribution in [3.63, 3.8) is 0 Å². The Morgan fingerprint density at radius 1 is 1.05 bits per heavy atom. The van der Waals surface area contributed by atoms with Crippen molar-refractivity contribution in [3.8, 4) is 0 Å². The maximum absolute atomic E-state index is 11.8. The molecule has 0 N–H and O–H groups in total. The van der Waals surface area contributed by atoms with Crippen LogP contribution in [0.2, 0.25) is 0 Å². The zero-order valence-corrected chi connectivity index (χ0v) is 11.2. The van der Waals surface area contributed by atoms with Gasteiger partial charge in [-0.25, -0.2) is 0 Å². The van der Waals surface area contributed by atoms with Gasteiger partial charge in [0.15, 0.2) is 6.10 Å². The van der Waals surface area contributed by atoms with Gasteiger partial charge in [0.1, 0.15) is 0 Å². The van der Waals surface area contributed by atoms with E-state index in [2.05, 4.69) is 12.3 Å². The van der Waals surface area contributed by atoms with Gasteiger partial charge < -0.3 is 4.74 Å². The van der Waals surface area contributed by atoms with Crippen molar-refractivity contribution in [2.75, 3.05) is 0 Å². The lowest BCUT2D eigenvalue weighted by Crippen LogP contribution is -2.11. The van der Waals surface area contributed by atoms with Crippen LogP contribution in [0.5, 0.6) is 0 Å². The first-order valence-corrected chi connectivity index (χ1v) is 6.45. The van der Waals surface area contributed by atoms with Gasteiger partial charge in [0.05, 0.1) is 6.42 Å². The number of hydrogen-bond acceptors (Lipinski definition) is 2. The van der Waals surface area contributed by atoms with Crippen molar-refractivity contribution in [1.29, 1.82) is 0 Å². The predicted molar refractivity (Wildman–Crippen MR) is 79.1 cm³/mol. The molecule has 2 rings (SSSR count). The van der Waals surface area contributed by atoms with Crippen LogP contribution in [0.3, 0.4) is 0 Å². The summed E-state index contributed by atoms with van der Waals surface area (Å²) in [5, 5.41) is 0. The predicted octanol–water partition coefficient (Wildman–Crippen LogP) is 4.05. The van der Waals surface area contributed by atoms with E-state index in [0.717, 1.165) is 11.1 Å². The van der Waals surface area contributed by atoms with Crippen LogP contribution < -0.4 is 0 Å². The summed E-state index contributed by atoms with van der Waals surface area (Å²) >= 11 is 0. The first-order valence-electron chi connectivity index (χ1n) is 6.45. The van der Waals surface area contributed by atoms with Gasteiger partial charge in [0.25, 0.3) is 0 Å². The fraction of sp³-hybridized carbons (Fsp3) is 0.111. The number of rotatable bonds is 5. The first kappa shape index (κ1) is 13.9. The normalized spacial score (nSPS) is 9.85. The second-order valence-electron chi connectivity index (χ2n) is 4.30. The Labute approximate surface area is 119 Å². The third kappa shape index (κ3) is 3.71. The molecule has 0 saturated heterocycles. The van der Waals surface area contributed by atoms with E-state index >= 15 is 0 Å². The summed E-state index contributed by atoms with van der Waals surface area (Å²) in [5.74, 6) is -0.293. The van der Waals surface area contributed by atoms with Crippen LogP contribution in [0.15, 0.2) is 79.0 Å². The molecule has 0 fully saturated rings. The van der Waals surface area contributed by atoms with Crippen molar-refractivity contribution in [2.45, 2.75) is 12.5 Å². The molecule has 2 aromatic carbocycles. The Morgan fingerprint density at radius 2 is 1.55 bits per heavy atom. The van der Waals surface area contributed by atoms with Crippen LogP contribution in [0.1, 0.15) is 23.7 Å². The average Bonchev–Trinajstić information content (AvgIpc) is 2.52. The topological polar surface area (TPSA) is 26.3 Å². The largest absolute Gasteiger partial charge is 0.452 e. The molecule has 0 bridgehead atoms. The molecular weight excluding hydrogens is 248 g/mol. The van der Waals surface area contributed by atoms with E-state index in [1.165, 1.54) is 0 Å². The summed E-state index contributed by atoms with van der Waals surface area (Å²) in [5.41, 5.74) is 4.48. The monoisotopic (exact) mass is 264 g/mol. The van der Waals surface area contributed by atoms with Gasteiger partial charge in [-0.05, 0) is 17.2 Å².